The first-order chi connectivity index (χ1) is 14.6. The maximum absolute atomic E-state index is 12.7. The summed E-state index contributed by atoms with van der Waals surface area (Å²) in [5.41, 5.74) is 2.30. The molecule has 0 aliphatic carbocycles. The summed E-state index contributed by atoms with van der Waals surface area (Å²) in [6.45, 7) is 5.91. The fourth-order valence-corrected chi connectivity index (χ4v) is 4.27. The molecule has 31 heavy (non-hydrogen) atoms. The number of aryl methyl sites for hydroxylation is 2. The number of benzene rings is 2. The third kappa shape index (κ3) is 6.27. The van der Waals surface area contributed by atoms with Crippen LogP contribution in [0.3, 0.4) is 0 Å². The minimum atomic E-state index is -3.80. The summed E-state index contributed by atoms with van der Waals surface area (Å²) >= 11 is 0. The van der Waals surface area contributed by atoms with E-state index in [1.807, 2.05) is 32.0 Å². The van der Waals surface area contributed by atoms with E-state index < -0.39 is 22.0 Å². The van der Waals surface area contributed by atoms with Crippen molar-refractivity contribution in [3.8, 4) is 17.2 Å². The van der Waals surface area contributed by atoms with Gasteiger partial charge in [-0.15, -0.1) is 0 Å². The van der Waals surface area contributed by atoms with Crippen LogP contribution in [0.2, 0.25) is 0 Å². The van der Waals surface area contributed by atoms with Gasteiger partial charge in [0.1, 0.15) is 29.9 Å². The Morgan fingerprint density at radius 2 is 1.77 bits per heavy atom. The third-order valence-corrected chi connectivity index (χ3v) is 5.94. The van der Waals surface area contributed by atoms with Gasteiger partial charge < -0.3 is 19.5 Å². The molecule has 8 nitrogen and oxygen atoms in total. The minimum absolute atomic E-state index is 0.221. The van der Waals surface area contributed by atoms with Crippen molar-refractivity contribution in [2.45, 2.75) is 26.8 Å². The first-order valence-electron chi connectivity index (χ1n) is 9.77. The summed E-state index contributed by atoms with van der Waals surface area (Å²) in [4.78, 5) is 12.7. The number of amides is 1. The molecule has 0 spiro atoms. The average Bonchev–Trinajstić information content (AvgIpc) is 2.72. The summed E-state index contributed by atoms with van der Waals surface area (Å²) in [6, 6.07) is 9.65. The molecule has 0 saturated heterocycles. The van der Waals surface area contributed by atoms with E-state index in [0.717, 1.165) is 27.4 Å². The van der Waals surface area contributed by atoms with Gasteiger partial charge >= 0.3 is 0 Å². The molecule has 1 amide bonds. The van der Waals surface area contributed by atoms with Crippen molar-refractivity contribution in [2.75, 3.05) is 37.9 Å². The first kappa shape index (κ1) is 24.3. The molecule has 1 unspecified atom stereocenters. The van der Waals surface area contributed by atoms with Crippen LogP contribution in [-0.4, -0.2) is 54.0 Å². The van der Waals surface area contributed by atoms with Crippen LogP contribution in [0.25, 0.3) is 0 Å². The van der Waals surface area contributed by atoms with Crippen molar-refractivity contribution in [3.63, 3.8) is 0 Å². The summed E-state index contributed by atoms with van der Waals surface area (Å²) in [5.74, 6) is 1.05. The van der Waals surface area contributed by atoms with Gasteiger partial charge in [-0.2, -0.15) is 0 Å². The zero-order valence-corrected chi connectivity index (χ0v) is 19.6. The van der Waals surface area contributed by atoms with E-state index in [1.165, 1.54) is 27.2 Å². The number of nitrogens with zero attached hydrogens (tertiary/aromatic N) is 1. The number of carbonyl (C=O) groups excluding carboxylic acids is 1. The number of nitrogens with one attached hydrogen (secondary N) is 1. The van der Waals surface area contributed by atoms with Gasteiger partial charge in [0, 0.05) is 6.07 Å². The van der Waals surface area contributed by atoms with Gasteiger partial charge in [0.25, 0.3) is 0 Å². The second kappa shape index (κ2) is 10.4. The molecule has 0 fully saturated rings. The maximum atomic E-state index is 12.7. The molecule has 2 rings (SSSR count). The van der Waals surface area contributed by atoms with Crippen LogP contribution in [0.15, 0.2) is 36.4 Å². The highest BCUT2D eigenvalue weighted by molar-refractivity contribution is 7.92. The molecule has 0 bridgehead atoms. The molecule has 2 aromatic carbocycles. The Balaban J connectivity index is 2.13. The molecule has 0 aromatic heterocycles. The van der Waals surface area contributed by atoms with Gasteiger partial charge in [0.05, 0.1) is 32.7 Å². The summed E-state index contributed by atoms with van der Waals surface area (Å²) < 4.78 is 42.4. The van der Waals surface area contributed by atoms with Crippen LogP contribution in [-0.2, 0) is 14.8 Å². The second-order valence-electron chi connectivity index (χ2n) is 7.18. The van der Waals surface area contributed by atoms with Crippen LogP contribution in [0.1, 0.15) is 18.1 Å². The molecule has 170 valence electrons. The number of carbonyl (C=O) groups is 1. The number of sulfonamides is 1. The van der Waals surface area contributed by atoms with Crippen LogP contribution >= 0.6 is 0 Å². The van der Waals surface area contributed by atoms with Gasteiger partial charge in [-0.3, -0.25) is 9.10 Å². The lowest BCUT2D eigenvalue weighted by atomic mass is 10.1. The number of methoxy groups -OCH3 is 2. The molecule has 0 aliphatic heterocycles. The zero-order valence-electron chi connectivity index (χ0n) is 18.8. The third-order valence-electron chi connectivity index (χ3n) is 4.71. The monoisotopic (exact) mass is 450 g/mol. The van der Waals surface area contributed by atoms with Crippen LogP contribution in [0.4, 0.5) is 5.69 Å². The van der Waals surface area contributed by atoms with E-state index in [0.29, 0.717) is 11.5 Å². The normalized spacial score (nSPS) is 12.1. The molecule has 1 atom stereocenters. The first-order valence-corrected chi connectivity index (χ1v) is 11.6. The van der Waals surface area contributed by atoms with Gasteiger partial charge in [-0.25, -0.2) is 8.42 Å². The smallest absolute Gasteiger partial charge is 0.243 e. The average molecular weight is 451 g/mol. The Labute approximate surface area is 184 Å². The fraction of sp³-hybridized carbons (Fsp3) is 0.409. The predicted octanol–water partition coefficient (Wildman–Crippen LogP) is 2.67. The molecule has 1 N–H and O–H groups in total. The molecular weight excluding hydrogens is 420 g/mol. The van der Waals surface area contributed by atoms with Crippen molar-refractivity contribution in [1.29, 1.82) is 0 Å². The summed E-state index contributed by atoms with van der Waals surface area (Å²) in [5, 5.41) is 2.73. The molecular formula is C22H30N2O6S. The Hall–Kier alpha value is -2.94. The van der Waals surface area contributed by atoms with Gasteiger partial charge in [-0.1, -0.05) is 12.1 Å². The van der Waals surface area contributed by atoms with E-state index in [1.54, 1.807) is 12.1 Å². The highest BCUT2D eigenvalue weighted by atomic mass is 32.2. The largest absolute Gasteiger partial charge is 0.497 e. The van der Waals surface area contributed by atoms with Gasteiger partial charge in [0.2, 0.25) is 15.9 Å². The molecule has 0 aliphatic rings. The summed E-state index contributed by atoms with van der Waals surface area (Å²) in [7, 11) is -0.892. The number of rotatable bonds is 10. The molecule has 0 heterocycles. The van der Waals surface area contributed by atoms with Crippen molar-refractivity contribution in [3.05, 3.63) is 47.5 Å². The Kier molecular flexibility index (Phi) is 8.15. The lowest BCUT2D eigenvalue weighted by Gasteiger charge is -2.29. The van der Waals surface area contributed by atoms with Crippen molar-refractivity contribution in [1.82, 2.24) is 5.32 Å². The van der Waals surface area contributed by atoms with Crippen LogP contribution < -0.4 is 23.8 Å². The SMILES string of the molecule is COc1ccc(OC)c(N(C(C)C(=O)NCCOc2cc(C)ccc2C)S(C)(=O)=O)c1. The lowest BCUT2D eigenvalue weighted by molar-refractivity contribution is -0.121. The van der Waals surface area contributed by atoms with Crippen LogP contribution in [0.5, 0.6) is 17.2 Å². The highest BCUT2D eigenvalue weighted by Crippen LogP contribution is 2.35. The minimum Gasteiger partial charge on any atom is -0.497 e. The highest BCUT2D eigenvalue weighted by Gasteiger charge is 2.31. The number of anilines is 1. The number of ether oxygens (including phenoxy) is 3. The fourth-order valence-electron chi connectivity index (χ4n) is 3.10. The molecule has 0 saturated carbocycles. The van der Waals surface area contributed by atoms with Gasteiger partial charge in [0.15, 0.2) is 0 Å². The predicted molar refractivity (Wildman–Crippen MR) is 121 cm³/mol. The van der Waals surface area contributed by atoms with Crippen molar-refractivity contribution < 1.29 is 27.4 Å². The van der Waals surface area contributed by atoms with E-state index in [4.69, 9.17) is 14.2 Å². The quantitative estimate of drug-likeness (QED) is 0.560. The summed E-state index contributed by atoms with van der Waals surface area (Å²) in [6.07, 6.45) is 1.04. The zero-order chi connectivity index (χ0) is 23.2. The van der Waals surface area contributed by atoms with E-state index in [-0.39, 0.29) is 18.8 Å². The van der Waals surface area contributed by atoms with E-state index in [9.17, 15) is 13.2 Å². The van der Waals surface area contributed by atoms with Gasteiger partial charge in [-0.05, 0) is 50.1 Å². The number of hydrogen-bond donors (Lipinski definition) is 1. The second-order valence-corrected chi connectivity index (χ2v) is 9.04. The topological polar surface area (TPSA) is 94.2 Å². The molecule has 2 aromatic rings. The standard InChI is InChI=1S/C22H30N2O6S/c1-15-7-8-16(2)21(13-15)30-12-11-23-22(25)17(3)24(31(6,26)27)19-14-18(28-4)9-10-20(19)29-5/h7-10,13-14,17H,11-12H2,1-6H3,(H,23,25). The van der Waals surface area contributed by atoms with Crippen LogP contribution in [0, 0.1) is 13.8 Å². The van der Waals surface area contributed by atoms with E-state index >= 15 is 0 Å². The lowest BCUT2D eigenvalue weighted by Crippen LogP contribution is -2.48. The molecule has 0 radical (unpaired) electrons. The van der Waals surface area contributed by atoms with Crippen molar-refractivity contribution in [2.24, 2.45) is 0 Å². The number of hydrogen-bond acceptors (Lipinski definition) is 6. The van der Waals surface area contributed by atoms with Crippen molar-refractivity contribution >= 4 is 21.6 Å². The molecule has 9 heteroatoms. The maximum Gasteiger partial charge on any atom is 0.243 e. The Morgan fingerprint density at radius 3 is 2.39 bits per heavy atom. The Morgan fingerprint density at radius 1 is 1.06 bits per heavy atom. The Bertz CT molecular complexity index is 1020. The van der Waals surface area contributed by atoms with E-state index in [2.05, 4.69) is 5.32 Å².